The van der Waals surface area contributed by atoms with Crippen molar-refractivity contribution >= 4 is 11.6 Å². The average Bonchev–Trinajstić information content (AvgIpc) is 2.37. The highest BCUT2D eigenvalue weighted by molar-refractivity contribution is 5.76. The average molecular weight is 258 g/mol. The maximum atomic E-state index is 12.5. The van der Waals surface area contributed by atoms with Crippen LogP contribution in [-0.2, 0) is 4.79 Å². The molecule has 5 heteroatoms. The van der Waals surface area contributed by atoms with Crippen LogP contribution in [0.3, 0.4) is 0 Å². The lowest BCUT2D eigenvalue weighted by Crippen LogP contribution is -2.32. The maximum Gasteiger partial charge on any atom is 0.313 e. The number of aromatic nitrogens is 2. The molecule has 0 saturated heterocycles. The molecular weight excluding hydrogens is 244 g/mol. The first-order chi connectivity index (χ1) is 9.08. The van der Waals surface area contributed by atoms with Crippen molar-refractivity contribution in [2.24, 2.45) is 5.92 Å². The Morgan fingerprint density at radius 3 is 2.89 bits per heavy atom. The van der Waals surface area contributed by atoms with Gasteiger partial charge in [-0.05, 0) is 18.1 Å². The topological polar surface area (TPSA) is 60.7 Å². The largest absolute Gasteiger partial charge is 0.407 e. The Kier molecular flexibility index (Phi) is 2.62. The molecule has 1 aliphatic heterocycles. The zero-order chi connectivity index (χ0) is 13.6. The van der Waals surface area contributed by atoms with E-state index in [2.05, 4.69) is 4.98 Å². The van der Waals surface area contributed by atoms with Gasteiger partial charge in [0.05, 0.1) is 12.0 Å². The molecule has 0 unspecified atom stereocenters. The second-order valence-corrected chi connectivity index (χ2v) is 5.09. The molecule has 1 atom stereocenters. The van der Waals surface area contributed by atoms with Crippen LogP contribution in [0.4, 0.5) is 0 Å². The van der Waals surface area contributed by atoms with Crippen LogP contribution < -0.4 is 10.3 Å². The Morgan fingerprint density at radius 1 is 1.37 bits per heavy atom. The van der Waals surface area contributed by atoms with Crippen LogP contribution in [0.2, 0.25) is 0 Å². The summed E-state index contributed by atoms with van der Waals surface area (Å²) in [4.78, 5) is 28.4. The predicted molar refractivity (Wildman–Crippen MR) is 69.3 cm³/mol. The van der Waals surface area contributed by atoms with E-state index < -0.39 is 0 Å². The summed E-state index contributed by atoms with van der Waals surface area (Å²) >= 11 is 0. The van der Waals surface area contributed by atoms with E-state index in [4.69, 9.17) is 4.74 Å². The van der Waals surface area contributed by atoms with Crippen LogP contribution in [0.1, 0.15) is 31.7 Å². The molecule has 2 aromatic heterocycles. The summed E-state index contributed by atoms with van der Waals surface area (Å²) in [6.45, 7) is 3.98. The molecule has 0 amide bonds. The molecule has 19 heavy (non-hydrogen) atoms. The molecule has 0 N–H and O–H groups in total. The zero-order valence-electron chi connectivity index (χ0n) is 10.8. The first-order valence-electron chi connectivity index (χ1n) is 6.30. The van der Waals surface area contributed by atoms with Crippen LogP contribution >= 0.6 is 0 Å². The van der Waals surface area contributed by atoms with Crippen molar-refractivity contribution in [1.29, 1.82) is 0 Å². The second-order valence-electron chi connectivity index (χ2n) is 5.09. The number of carbonyl (C=O) groups excluding carboxylic acids is 1. The Balaban J connectivity index is 2.34. The molecule has 5 nitrogen and oxygen atoms in total. The molecule has 0 aliphatic carbocycles. The van der Waals surface area contributed by atoms with E-state index in [-0.39, 0.29) is 35.7 Å². The van der Waals surface area contributed by atoms with Crippen LogP contribution in [0.25, 0.3) is 5.65 Å². The van der Waals surface area contributed by atoms with E-state index in [1.54, 1.807) is 24.4 Å². The lowest BCUT2D eigenvalue weighted by Gasteiger charge is -2.25. The van der Waals surface area contributed by atoms with Crippen molar-refractivity contribution < 1.29 is 9.53 Å². The number of rotatable bonds is 1. The maximum absolute atomic E-state index is 12.5. The normalized spacial score (nSPS) is 18.5. The smallest absolute Gasteiger partial charge is 0.313 e. The van der Waals surface area contributed by atoms with E-state index >= 15 is 0 Å². The van der Waals surface area contributed by atoms with Crippen LogP contribution in [0, 0.1) is 5.92 Å². The summed E-state index contributed by atoms with van der Waals surface area (Å²) in [6, 6.07) is 5.29. The van der Waals surface area contributed by atoms with Crippen molar-refractivity contribution in [3.8, 4) is 5.88 Å². The standard InChI is InChI=1S/C14H14N2O3/c1-8(2)9-7-11(17)19-13-12(9)14(18)16-6-4-3-5-10(16)15-13/h3-6,8-9H,7H2,1-2H3/t9-/m1/s1. The van der Waals surface area contributed by atoms with Crippen LogP contribution in [0.15, 0.2) is 29.2 Å². The fourth-order valence-corrected chi connectivity index (χ4v) is 2.48. The van der Waals surface area contributed by atoms with E-state index in [9.17, 15) is 9.59 Å². The number of fused-ring (bicyclic) bond motifs is 2. The SMILES string of the molecule is CC(C)[C@H]1CC(=O)Oc2nc3ccccn3c(=O)c21. The quantitative estimate of drug-likeness (QED) is 0.731. The number of hydrogen-bond acceptors (Lipinski definition) is 4. The molecule has 3 heterocycles. The monoisotopic (exact) mass is 258 g/mol. The Morgan fingerprint density at radius 2 is 2.16 bits per heavy atom. The number of esters is 1. The fraction of sp³-hybridized carbons (Fsp3) is 0.357. The summed E-state index contributed by atoms with van der Waals surface area (Å²) in [5, 5.41) is 0. The number of nitrogens with zero attached hydrogens (tertiary/aromatic N) is 2. The minimum atomic E-state index is -0.321. The van der Waals surface area contributed by atoms with Gasteiger partial charge in [-0.1, -0.05) is 19.9 Å². The third kappa shape index (κ3) is 1.82. The van der Waals surface area contributed by atoms with E-state index in [1.165, 1.54) is 4.40 Å². The Hall–Kier alpha value is -2.17. The summed E-state index contributed by atoms with van der Waals surface area (Å²) in [5.41, 5.74) is 0.855. The summed E-state index contributed by atoms with van der Waals surface area (Å²) in [7, 11) is 0. The molecule has 2 aromatic rings. The molecule has 1 aliphatic rings. The van der Waals surface area contributed by atoms with Gasteiger partial charge in [0, 0.05) is 12.1 Å². The summed E-state index contributed by atoms with van der Waals surface area (Å²) in [5.74, 6) is -0.0965. The molecular formula is C14H14N2O3. The highest BCUT2D eigenvalue weighted by Crippen LogP contribution is 2.35. The van der Waals surface area contributed by atoms with Gasteiger partial charge in [-0.2, -0.15) is 4.98 Å². The summed E-state index contributed by atoms with van der Waals surface area (Å²) in [6.07, 6.45) is 1.92. The molecule has 0 bridgehead atoms. The van der Waals surface area contributed by atoms with E-state index in [1.807, 2.05) is 13.8 Å². The highest BCUT2D eigenvalue weighted by atomic mass is 16.5. The van der Waals surface area contributed by atoms with Gasteiger partial charge in [0.25, 0.3) is 5.56 Å². The molecule has 98 valence electrons. The van der Waals surface area contributed by atoms with E-state index in [0.717, 1.165) is 0 Å². The van der Waals surface area contributed by atoms with Crippen molar-refractivity contribution in [2.45, 2.75) is 26.2 Å². The zero-order valence-corrected chi connectivity index (χ0v) is 10.8. The highest BCUT2D eigenvalue weighted by Gasteiger charge is 2.33. The van der Waals surface area contributed by atoms with Gasteiger partial charge in [0.2, 0.25) is 5.88 Å². The first kappa shape index (κ1) is 11.9. The Bertz CT molecular complexity index is 718. The Labute approximate surface area is 109 Å². The van der Waals surface area contributed by atoms with Crippen LogP contribution in [0.5, 0.6) is 5.88 Å². The number of pyridine rings is 1. The lowest BCUT2D eigenvalue weighted by molar-refractivity contribution is -0.136. The van der Waals surface area contributed by atoms with Gasteiger partial charge >= 0.3 is 5.97 Å². The lowest BCUT2D eigenvalue weighted by atomic mass is 9.85. The predicted octanol–water partition coefficient (Wildman–Crippen LogP) is 1.74. The van der Waals surface area contributed by atoms with Crippen molar-refractivity contribution in [3.05, 3.63) is 40.3 Å². The minimum Gasteiger partial charge on any atom is -0.407 e. The van der Waals surface area contributed by atoms with Crippen molar-refractivity contribution in [3.63, 3.8) is 0 Å². The third-order valence-corrected chi connectivity index (χ3v) is 3.51. The van der Waals surface area contributed by atoms with E-state index in [0.29, 0.717) is 11.2 Å². The van der Waals surface area contributed by atoms with Crippen molar-refractivity contribution in [2.75, 3.05) is 0 Å². The molecule has 0 fully saturated rings. The molecule has 0 saturated carbocycles. The number of hydrogen-bond donors (Lipinski definition) is 0. The van der Waals surface area contributed by atoms with Crippen LogP contribution in [-0.4, -0.2) is 15.4 Å². The molecule has 0 aromatic carbocycles. The van der Waals surface area contributed by atoms with Gasteiger partial charge in [-0.15, -0.1) is 0 Å². The van der Waals surface area contributed by atoms with Gasteiger partial charge in [-0.25, -0.2) is 0 Å². The molecule has 0 radical (unpaired) electrons. The van der Waals surface area contributed by atoms with Gasteiger partial charge < -0.3 is 4.74 Å². The van der Waals surface area contributed by atoms with Crippen molar-refractivity contribution in [1.82, 2.24) is 9.38 Å². The first-order valence-corrected chi connectivity index (χ1v) is 6.30. The van der Waals surface area contributed by atoms with Gasteiger partial charge in [0.15, 0.2) is 0 Å². The minimum absolute atomic E-state index is 0.131. The van der Waals surface area contributed by atoms with Gasteiger partial charge in [-0.3, -0.25) is 14.0 Å². The summed E-state index contributed by atoms with van der Waals surface area (Å²) < 4.78 is 6.63. The van der Waals surface area contributed by atoms with Gasteiger partial charge in [0.1, 0.15) is 5.65 Å². The number of ether oxygens (including phenoxy) is 1. The number of carbonyl (C=O) groups is 1. The molecule has 0 spiro atoms. The molecule has 3 rings (SSSR count). The fourth-order valence-electron chi connectivity index (χ4n) is 2.48. The third-order valence-electron chi connectivity index (χ3n) is 3.51. The second kappa shape index (κ2) is 4.19.